The van der Waals surface area contributed by atoms with Crippen molar-refractivity contribution >= 4 is 9.84 Å². The summed E-state index contributed by atoms with van der Waals surface area (Å²) in [6.07, 6.45) is 3.17. The number of benzene rings is 2. The van der Waals surface area contributed by atoms with Gasteiger partial charge < -0.3 is 14.6 Å². The van der Waals surface area contributed by atoms with Crippen LogP contribution in [0.2, 0.25) is 0 Å². The monoisotopic (exact) mass is 506 g/mol. The fraction of sp³-hybridized carbons (Fsp3) is 0.308. The van der Waals surface area contributed by atoms with Gasteiger partial charge in [-0.25, -0.2) is 13.4 Å². The first-order valence-corrected chi connectivity index (χ1v) is 13.2. The van der Waals surface area contributed by atoms with Crippen LogP contribution in [0.15, 0.2) is 70.2 Å². The van der Waals surface area contributed by atoms with Gasteiger partial charge in [-0.15, -0.1) is 10.2 Å². The number of sulfone groups is 1. The molecule has 4 aromatic rings. The zero-order chi connectivity index (χ0) is 25.7. The third-order valence-electron chi connectivity index (χ3n) is 5.64. The van der Waals surface area contributed by atoms with Gasteiger partial charge in [-0.05, 0) is 57.8 Å². The van der Waals surface area contributed by atoms with Crippen LogP contribution in [0.1, 0.15) is 19.4 Å². The summed E-state index contributed by atoms with van der Waals surface area (Å²) in [4.78, 5) is 11.3. The highest BCUT2D eigenvalue weighted by atomic mass is 32.2. The molecular weight excluding hydrogens is 476 g/mol. The molecule has 188 valence electrons. The number of aromatic nitrogens is 4. The first-order valence-electron chi connectivity index (χ1n) is 11.7. The van der Waals surface area contributed by atoms with Crippen molar-refractivity contribution in [3.05, 3.63) is 66.5 Å². The fourth-order valence-electron chi connectivity index (χ4n) is 3.44. The molecule has 0 saturated carbocycles. The lowest BCUT2D eigenvalue weighted by atomic mass is 10.1. The van der Waals surface area contributed by atoms with E-state index in [1.54, 1.807) is 50.5 Å². The first-order chi connectivity index (χ1) is 17.2. The van der Waals surface area contributed by atoms with E-state index < -0.39 is 15.1 Å². The molecule has 0 aliphatic carbocycles. The van der Waals surface area contributed by atoms with Crippen molar-refractivity contribution in [1.82, 2.24) is 30.4 Å². The Morgan fingerprint density at radius 1 is 0.889 bits per heavy atom. The minimum Gasteiger partial charge on any atom is -0.415 e. The zero-order valence-electron chi connectivity index (χ0n) is 20.8. The van der Waals surface area contributed by atoms with Crippen LogP contribution in [0.3, 0.4) is 0 Å². The van der Waals surface area contributed by atoms with E-state index in [9.17, 15) is 8.42 Å². The molecule has 0 amide bonds. The molecule has 0 unspecified atom stereocenters. The van der Waals surface area contributed by atoms with Crippen molar-refractivity contribution in [1.29, 1.82) is 0 Å². The maximum atomic E-state index is 12.4. The van der Waals surface area contributed by atoms with Gasteiger partial charge in [0, 0.05) is 30.8 Å². The van der Waals surface area contributed by atoms with E-state index >= 15 is 0 Å². The van der Waals surface area contributed by atoms with Crippen LogP contribution in [0.5, 0.6) is 0 Å². The van der Waals surface area contributed by atoms with Crippen LogP contribution in [0.4, 0.5) is 0 Å². The molecule has 0 bridgehead atoms. The van der Waals surface area contributed by atoms with Crippen LogP contribution in [-0.2, 0) is 16.4 Å². The second-order valence-electron chi connectivity index (χ2n) is 9.00. The average Bonchev–Trinajstić information content (AvgIpc) is 3.37. The Morgan fingerprint density at radius 2 is 1.53 bits per heavy atom. The summed E-state index contributed by atoms with van der Waals surface area (Å²) in [5, 5.41) is 11.2. The lowest BCUT2D eigenvalue weighted by Gasteiger charge is -2.10. The van der Waals surface area contributed by atoms with Gasteiger partial charge in [0.25, 0.3) is 5.89 Å². The largest absolute Gasteiger partial charge is 0.415 e. The van der Waals surface area contributed by atoms with Gasteiger partial charge in [-0.2, -0.15) is 0 Å². The van der Waals surface area contributed by atoms with E-state index in [1.165, 1.54) is 5.56 Å². The van der Waals surface area contributed by atoms with Crippen LogP contribution in [0, 0.1) is 0 Å². The molecule has 0 atom stereocenters. The van der Waals surface area contributed by atoms with E-state index in [1.807, 2.05) is 24.3 Å². The quantitative estimate of drug-likeness (QED) is 0.322. The van der Waals surface area contributed by atoms with Crippen LogP contribution in [-0.4, -0.2) is 65.9 Å². The lowest BCUT2D eigenvalue weighted by molar-refractivity contribution is 0.400. The first kappa shape index (κ1) is 25.6. The molecule has 36 heavy (non-hydrogen) atoms. The summed E-state index contributed by atoms with van der Waals surface area (Å²) >= 11 is 0. The van der Waals surface area contributed by atoms with Gasteiger partial charge in [0.15, 0.2) is 9.84 Å². The number of nitrogens with zero attached hydrogens (tertiary/aromatic N) is 5. The lowest BCUT2D eigenvalue weighted by Crippen LogP contribution is -2.26. The van der Waals surface area contributed by atoms with Gasteiger partial charge in [-0.1, -0.05) is 24.3 Å². The van der Waals surface area contributed by atoms with Crippen molar-refractivity contribution in [2.24, 2.45) is 0 Å². The van der Waals surface area contributed by atoms with E-state index in [4.69, 9.17) is 4.42 Å². The maximum Gasteiger partial charge on any atom is 0.268 e. The van der Waals surface area contributed by atoms with Gasteiger partial charge in [0.1, 0.15) is 5.69 Å². The second-order valence-corrected chi connectivity index (χ2v) is 11.5. The average molecular weight is 507 g/mol. The minimum atomic E-state index is -3.34. The highest BCUT2D eigenvalue weighted by molar-refractivity contribution is 7.92. The summed E-state index contributed by atoms with van der Waals surface area (Å²) in [7, 11) is 0.767. The molecule has 0 fully saturated rings. The molecule has 9 nitrogen and oxygen atoms in total. The Labute approximate surface area is 211 Å². The van der Waals surface area contributed by atoms with Gasteiger partial charge in [0.05, 0.1) is 28.2 Å². The van der Waals surface area contributed by atoms with E-state index in [2.05, 4.69) is 44.5 Å². The number of hydrogen-bond donors (Lipinski definition) is 1. The molecule has 1 N–H and O–H groups in total. The van der Waals surface area contributed by atoms with E-state index in [0.29, 0.717) is 17.3 Å². The Morgan fingerprint density at radius 3 is 2.19 bits per heavy atom. The molecule has 0 aliphatic rings. The molecule has 0 spiro atoms. The van der Waals surface area contributed by atoms with Crippen LogP contribution >= 0.6 is 0 Å². The molecule has 2 heterocycles. The van der Waals surface area contributed by atoms with Crippen molar-refractivity contribution in [2.45, 2.75) is 30.5 Å². The summed E-state index contributed by atoms with van der Waals surface area (Å²) in [6, 6.07) is 14.6. The van der Waals surface area contributed by atoms with Crippen LogP contribution in [0.25, 0.3) is 34.3 Å². The summed E-state index contributed by atoms with van der Waals surface area (Å²) in [6.45, 7) is 6.02. The second kappa shape index (κ2) is 11.1. The molecule has 10 heteroatoms. The van der Waals surface area contributed by atoms with E-state index in [0.717, 1.165) is 30.8 Å². The smallest absolute Gasteiger partial charge is 0.268 e. The van der Waals surface area contributed by atoms with Crippen molar-refractivity contribution in [3.8, 4) is 34.3 Å². The number of likely N-dealkylation sites (N-methyl/N-ethyl adjacent to an activating group) is 1. The minimum absolute atomic E-state index is 0.257. The summed E-state index contributed by atoms with van der Waals surface area (Å²) < 4.78 is 30.6. The predicted molar refractivity (Wildman–Crippen MR) is 139 cm³/mol. The SMILES string of the molecule is CC(C)S(=O)(=O)c1ccc(-c2cncc(-c3nnc(-c4ccc(CNCCN(C)C)cc4)o3)n2)cc1. The van der Waals surface area contributed by atoms with Gasteiger partial charge in [-0.3, -0.25) is 4.98 Å². The Kier molecular flexibility index (Phi) is 7.88. The number of rotatable bonds is 10. The van der Waals surface area contributed by atoms with Gasteiger partial charge >= 0.3 is 0 Å². The van der Waals surface area contributed by atoms with Crippen LogP contribution < -0.4 is 5.32 Å². The zero-order valence-corrected chi connectivity index (χ0v) is 21.7. The normalized spacial score (nSPS) is 11.9. The molecule has 2 aromatic heterocycles. The molecule has 2 aromatic carbocycles. The predicted octanol–water partition coefficient (Wildman–Crippen LogP) is 3.69. The van der Waals surface area contributed by atoms with Crippen molar-refractivity contribution in [2.75, 3.05) is 27.2 Å². The molecule has 0 radical (unpaired) electrons. The van der Waals surface area contributed by atoms with Crippen molar-refractivity contribution < 1.29 is 12.8 Å². The van der Waals surface area contributed by atoms with Gasteiger partial charge in [0.2, 0.25) is 5.89 Å². The topological polar surface area (TPSA) is 114 Å². The Balaban J connectivity index is 1.47. The summed E-state index contributed by atoms with van der Waals surface area (Å²) in [5.74, 6) is 0.653. The fourth-order valence-corrected chi connectivity index (χ4v) is 4.50. The highest BCUT2D eigenvalue weighted by Crippen LogP contribution is 2.26. The number of hydrogen-bond acceptors (Lipinski definition) is 9. The highest BCUT2D eigenvalue weighted by Gasteiger charge is 2.19. The Hall–Kier alpha value is -3.47. The Bertz CT molecular complexity index is 1400. The van der Waals surface area contributed by atoms with E-state index in [-0.39, 0.29) is 10.8 Å². The molecule has 0 saturated heterocycles. The van der Waals surface area contributed by atoms with Crippen molar-refractivity contribution in [3.63, 3.8) is 0 Å². The molecule has 4 rings (SSSR count). The standard InChI is InChI=1S/C26H30N6O3S/c1-18(2)36(33,34)22-11-9-20(10-12-22)23-16-28-17-24(29-23)26-31-30-25(35-26)21-7-5-19(6-8-21)15-27-13-14-32(3)4/h5-12,16-18,27H,13-15H2,1-4H3. The number of nitrogens with one attached hydrogen (secondary N) is 1. The third-order valence-corrected chi connectivity index (χ3v) is 7.81. The summed E-state index contributed by atoms with van der Waals surface area (Å²) in [5.41, 5.74) is 3.74. The molecular formula is C26H30N6O3S. The maximum absolute atomic E-state index is 12.4. The third kappa shape index (κ3) is 6.01. The molecule has 0 aliphatic heterocycles.